The van der Waals surface area contributed by atoms with E-state index in [1.807, 2.05) is 0 Å². The highest BCUT2D eigenvalue weighted by atomic mass is 19.1. The molecule has 2 amide bonds. The van der Waals surface area contributed by atoms with Gasteiger partial charge in [-0.25, -0.2) is 13.8 Å². The van der Waals surface area contributed by atoms with Crippen LogP contribution in [-0.2, 0) is 14.3 Å². The minimum atomic E-state index is -0.524. The van der Waals surface area contributed by atoms with Gasteiger partial charge in [-0.3, -0.25) is 9.59 Å². The molecule has 1 atom stereocenters. The van der Waals surface area contributed by atoms with Crippen LogP contribution in [0.3, 0.4) is 0 Å². The maximum atomic E-state index is 14.4. The van der Waals surface area contributed by atoms with Gasteiger partial charge in [-0.2, -0.15) is 5.10 Å². The lowest BCUT2D eigenvalue weighted by atomic mass is 9.98. The van der Waals surface area contributed by atoms with E-state index in [-0.39, 0.29) is 31.8 Å². The van der Waals surface area contributed by atoms with Gasteiger partial charge in [-0.05, 0) is 23.8 Å². The molecule has 1 aliphatic rings. The van der Waals surface area contributed by atoms with Gasteiger partial charge in [0.2, 0.25) is 5.91 Å². The topological polar surface area (TPSA) is 62.2 Å². The number of rotatable bonds is 8. The lowest BCUT2D eigenvalue weighted by Gasteiger charge is -2.26. The molecule has 0 aromatic heterocycles. The lowest BCUT2D eigenvalue weighted by Crippen LogP contribution is -2.42. The Morgan fingerprint density at radius 2 is 1.87 bits per heavy atom. The Hall–Kier alpha value is -3.13. The van der Waals surface area contributed by atoms with Gasteiger partial charge < -0.3 is 9.64 Å². The zero-order valence-corrected chi connectivity index (χ0v) is 17.6. The second kappa shape index (κ2) is 10.3. The van der Waals surface area contributed by atoms with Crippen LogP contribution in [0, 0.1) is 11.6 Å². The fraction of sp³-hybridized carbons (Fsp3) is 0.348. The summed E-state index contributed by atoms with van der Waals surface area (Å²) < 4.78 is 32.8. The van der Waals surface area contributed by atoms with Crippen LogP contribution in [0.15, 0.2) is 53.6 Å². The standard InChI is InChI=1S/C23H25F2N3O3/c1-3-22(29)27(12-13-31-2)15-23(30)28-21(16-8-10-17(24)11-9-16)14-20(26-28)18-6-4-5-7-19(18)25/h4-11,21H,3,12-15H2,1-2H3/t21-/m0/s1. The minimum absolute atomic E-state index is 0.179. The van der Waals surface area contributed by atoms with Crippen molar-refractivity contribution in [3.8, 4) is 0 Å². The monoisotopic (exact) mass is 429 g/mol. The number of nitrogens with zero attached hydrogens (tertiary/aromatic N) is 3. The fourth-order valence-corrected chi connectivity index (χ4v) is 3.50. The van der Waals surface area contributed by atoms with E-state index >= 15 is 0 Å². The van der Waals surface area contributed by atoms with Crippen molar-refractivity contribution >= 4 is 17.5 Å². The lowest BCUT2D eigenvalue weighted by molar-refractivity contribution is -0.141. The Labute approximate surface area is 180 Å². The van der Waals surface area contributed by atoms with Crippen molar-refractivity contribution in [1.82, 2.24) is 9.91 Å². The molecule has 0 aliphatic carbocycles. The molecule has 0 saturated heterocycles. The number of ether oxygens (including phenoxy) is 1. The molecular weight excluding hydrogens is 404 g/mol. The molecular formula is C23H25F2N3O3. The van der Waals surface area contributed by atoms with Crippen LogP contribution in [0.1, 0.15) is 36.9 Å². The first-order valence-corrected chi connectivity index (χ1v) is 10.1. The number of hydrogen-bond acceptors (Lipinski definition) is 4. The summed E-state index contributed by atoms with van der Waals surface area (Å²) in [4.78, 5) is 26.8. The van der Waals surface area contributed by atoms with E-state index in [4.69, 9.17) is 4.74 Å². The molecule has 0 spiro atoms. The molecule has 0 radical (unpaired) electrons. The van der Waals surface area contributed by atoms with Crippen molar-refractivity contribution in [3.05, 3.63) is 71.3 Å². The van der Waals surface area contributed by atoms with E-state index in [2.05, 4.69) is 5.10 Å². The number of carbonyl (C=O) groups is 2. The van der Waals surface area contributed by atoms with Crippen LogP contribution in [0.5, 0.6) is 0 Å². The molecule has 0 bridgehead atoms. The van der Waals surface area contributed by atoms with Crippen LogP contribution in [0.4, 0.5) is 8.78 Å². The van der Waals surface area contributed by atoms with E-state index < -0.39 is 23.6 Å². The number of halogens is 2. The van der Waals surface area contributed by atoms with Crippen molar-refractivity contribution in [2.75, 3.05) is 26.8 Å². The molecule has 164 valence electrons. The number of amides is 2. The van der Waals surface area contributed by atoms with E-state index in [1.54, 1.807) is 37.3 Å². The van der Waals surface area contributed by atoms with Gasteiger partial charge in [0.1, 0.15) is 18.2 Å². The van der Waals surface area contributed by atoms with Gasteiger partial charge in [0.05, 0.1) is 18.4 Å². The smallest absolute Gasteiger partial charge is 0.262 e. The molecule has 0 N–H and O–H groups in total. The molecule has 2 aromatic carbocycles. The third-order valence-electron chi connectivity index (χ3n) is 5.15. The van der Waals surface area contributed by atoms with Crippen molar-refractivity contribution in [1.29, 1.82) is 0 Å². The van der Waals surface area contributed by atoms with Crippen LogP contribution in [0.2, 0.25) is 0 Å². The molecule has 8 heteroatoms. The average Bonchev–Trinajstić information content (AvgIpc) is 3.22. The molecule has 2 aromatic rings. The molecule has 0 saturated carbocycles. The zero-order chi connectivity index (χ0) is 22.4. The Kier molecular flexibility index (Phi) is 7.46. The van der Waals surface area contributed by atoms with Crippen molar-refractivity contribution in [2.24, 2.45) is 5.10 Å². The first kappa shape index (κ1) is 22.6. The Morgan fingerprint density at radius 3 is 2.52 bits per heavy atom. The molecule has 3 rings (SSSR count). The van der Waals surface area contributed by atoms with Gasteiger partial charge in [0, 0.05) is 32.1 Å². The van der Waals surface area contributed by atoms with Crippen molar-refractivity contribution in [2.45, 2.75) is 25.8 Å². The molecule has 0 unspecified atom stereocenters. The predicted molar refractivity (Wildman–Crippen MR) is 112 cm³/mol. The number of methoxy groups -OCH3 is 1. The van der Waals surface area contributed by atoms with Gasteiger partial charge in [0.25, 0.3) is 5.91 Å². The maximum Gasteiger partial charge on any atom is 0.262 e. The van der Waals surface area contributed by atoms with Crippen LogP contribution >= 0.6 is 0 Å². The van der Waals surface area contributed by atoms with E-state index in [0.717, 1.165) is 0 Å². The molecule has 0 fully saturated rings. The number of hydrogen-bond donors (Lipinski definition) is 0. The highest BCUT2D eigenvalue weighted by Crippen LogP contribution is 2.33. The summed E-state index contributed by atoms with van der Waals surface area (Å²) >= 11 is 0. The maximum absolute atomic E-state index is 14.4. The summed E-state index contributed by atoms with van der Waals surface area (Å²) in [5.41, 5.74) is 1.41. The van der Waals surface area contributed by atoms with E-state index in [1.165, 1.54) is 35.2 Å². The summed E-state index contributed by atoms with van der Waals surface area (Å²) in [5, 5.41) is 5.69. The predicted octanol–water partition coefficient (Wildman–Crippen LogP) is 3.53. The number of benzene rings is 2. The normalized spacial score (nSPS) is 15.7. The molecule has 6 nitrogen and oxygen atoms in total. The van der Waals surface area contributed by atoms with Gasteiger partial charge in [-0.15, -0.1) is 0 Å². The highest BCUT2D eigenvalue weighted by Gasteiger charge is 2.34. The third-order valence-corrected chi connectivity index (χ3v) is 5.15. The Balaban J connectivity index is 1.91. The average molecular weight is 429 g/mol. The van der Waals surface area contributed by atoms with Crippen LogP contribution in [-0.4, -0.2) is 54.2 Å². The molecule has 1 aliphatic heterocycles. The summed E-state index contributed by atoms with van der Waals surface area (Å²) in [6, 6.07) is 11.5. The SMILES string of the molecule is CCC(=O)N(CCOC)CC(=O)N1N=C(c2ccccc2F)C[C@H]1c1ccc(F)cc1. The van der Waals surface area contributed by atoms with Gasteiger partial charge in [-0.1, -0.05) is 37.3 Å². The summed E-state index contributed by atoms with van der Waals surface area (Å²) in [6.07, 6.45) is 0.528. The summed E-state index contributed by atoms with van der Waals surface area (Å²) in [7, 11) is 1.52. The zero-order valence-electron chi connectivity index (χ0n) is 17.6. The summed E-state index contributed by atoms with van der Waals surface area (Å²) in [6.45, 7) is 2.11. The van der Waals surface area contributed by atoms with Crippen molar-refractivity contribution < 1.29 is 23.1 Å². The fourth-order valence-electron chi connectivity index (χ4n) is 3.50. The molecule has 31 heavy (non-hydrogen) atoms. The highest BCUT2D eigenvalue weighted by molar-refractivity contribution is 6.03. The van der Waals surface area contributed by atoms with Gasteiger partial charge in [0.15, 0.2) is 0 Å². The minimum Gasteiger partial charge on any atom is -0.383 e. The second-order valence-electron chi connectivity index (χ2n) is 7.20. The van der Waals surface area contributed by atoms with Crippen LogP contribution in [0.25, 0.3) is 0 Å². The first-order valence-electron chi connectivity index (χ1n) is 10.1. The van der Waals surface area contributed by atoms with Gasteiger partial charge >= 0.3 is 0 Å². The van der Waals surface area contributed by atoms with Crippen LogP contribution < -0.4 is 0 Å². The Morgan fingerprint density at radius 1 is 1.16 bits per heavy atom. The largest absolute Gasteiger partial charge is 0.383 e. The first-order chi connectivity index (χ1) is 14.9. The van der Waals surface area contributed by atoms with E-state index in [0.29, 0.717) is 23.4 Å². The quantitative estimate of drug-likeness (QED) is 0.645. The van der Waals surface area contributed by atoms with E-state index in [9.17, 15) is 18.4 Å². The number of hydrazone groups is 1. The third kappa shape index (κ3) is 5.32. The van der Waals surface area contributed by atoms with Crippen molar-refractivity contribution in [3.63, 3.8) is 0 Å². The number of carbonyl (C=O) groups excluding carboxylic acids is 2. The Bertz CT molecular complexity index is 963. The summed E-state index contributed by atoms with van der Waals surface area (Å²) in [5.74, 6) is -1.41. The second-order valence-corrected chi connectivity index (χ2v) is 7.20. The molecule has 1 heterocycles.